The molecule has 0 saturated carbocycles. The van der Waals surface area contributed by atoms with E-state index in [0.717, 1.165) is 12.8 Å². The molecule has 0 amide bonds. The number of hydrogen-bond acceptors (Lipinski definition) is 5. The maximum atomic E-state index is 9.89. The van der Waals surface area contributed by atoms with Crippen molar-refractivity contribution in [3.8, 4) is 0 Å². The third-order valence-corrected chi connectivity index (χ3v) is 3.39. The maximum Gasteiger partial charge on any atom is 0.184 e. The summed E-state index contributed by atoms with van der Waals surface area (Å²) in [7, 11) is 0. The van der Waals surface area contributed by atoms with Gasteiger partial charge in [-0.25, -0.2) is 0 Å². The summed E-state index contributed by atoms with van der Waals surface area (Å²) in [6.45, 7) is 8.37. The van der Waals surface area contributed by atoms with Crippen LogP contribution >= 0.6 is 0 Å². The van der Waals surface area contributed by atoms with Crippen molar-refractivity contribution in [3.05, 3.63) is 0 Å². The molecule has 106 valence electrons. The Morgan fingerprint density at radius 2 is 1.89 bits per heavy atom. The number of rotatable bonds is 4. The van der Waals surface area contributed by atoms with E-state index >= 15 is 0 Å². The second-order valence-corrected chi connectivity index (χ2v) is 5.49. The van der Waals surface area contributed by atoms with Crippen molar-refractivity contribution in [1.82, 2.24) is 0 Å². The highest BCUT2D eigenvalue weighted by Gasteiger charge is 2.54. The first-order valence-corrected chi connectivity index (χ1v) is 6.75. The molecule has 2 aliphatic heterocycles. The summed E-state index contributed by atoms with van der Waals surface area (Å²) in [4.78, 5) is 0. The fourth-order valence-electron chi connectivity index (χ4n) is 2.53. The topological polar surface area (TPSA) is 57.2 Å². The maximum absolute atomic E-state index is 9.89. The summed E-state index contributed by atoms with van der Waals surface area (Å²) in [5.41, 5.74) is 0. The number of fused-ring (bicyclic) bond motifs is 1. The molecule has 1 N–H and O–H groups in total. The van der Waals surface area contributed by atoms with Gasteiger partial charge in [0.25, 0.3) is 0 Å². The second kappa shape index (κ2) is 5.43. The van der Waals surface area contributed by atoms with Gasteiger partial charge in [0.1, 0.15) is 18.3 Å². The predicted octanol–water partition coefficient (Wildman–Crippen LogP) is 1.43. The molecule has 0 spiro atoms. The molecule has 2 saturated heterocycles. The highest BCUT2D eigenvalue weighted by Crippen LogP contribution is 2.37. The molecule has 0 aliphatic carbocycles. The third-order valence-electron chi connectivity index (χ3n) is 3.39. The van der Waals surface area contributed by atoms with Crippen molar-refractivity contribution in [2.24, 2.45) is 0 Å². The van der Waals surface area contributed by atoms with Gasteiger partial charge in [-0.15, -0.1) is 0 Å². The van der Waals surface area contributed by atoms with Crippen molar-refractivity contribution in [2.45, 2.75) is 77.0 Å². The van der Waals surface area contributed by atoms with E-state index in [4.69, 9.17) is 18.9 Å². The van der Waals surface area contributed by atoms with E-state index in [2.05, 4.69) is 6.92 Å². The predicted molar refractivity (Wildman–Crippen MR) is 65.0 cm³/mol. The van der Waals surface area contributed by atoms with Crippen molar-refractivity contribution < 1.29 is 24.1 Å². The molecule has 0 aromatic carbocycles. The Bertz CT molecular complexity index is 281. The van der Waals surface area contributed by atoms with E-state index in [1.807, 2.05) is 20.8 Å². The lowest BCUT2D eigenvalue weighted by Gasteiger charge is -2.38. The first kappa shape index (κ1) is 14.2. The first-order valence-electron chi connectivity index (χ1n) is 6.75. The van der Waals surface area contributed by atoms with E-state index in [-0.39, 0.29) is 18.3 Å². The van der Waals surface area contributed by atoms with Gasteiger partial charge in [-0.3, -0.25) is 0 Å². The minimum atomic E-state index is -0.946. The standard InChI is InChI=1S/C13H24O5/c1-5-6-7-15-9-8(2)16-12(14)11-10(9)17-13(3,4)18-11/h8-12,14H,5-7H2,1-4H3/t8?,9-,10?,11-,12+/m0/s1. The van der Waals surface area contributed by atoms with Gasteiger partial charge in [-0.2, -0.15) is 0 Å². The lowest BCUT2D eigenvalue weighted by Crippen LogP contribution is -2.56. The molecule has 0 radical (unpaired) electrons. The minimum Gasteiger partial charge on any atom is -0.373 e. The van der Waals surface area contributed by atoms with Crippen LogP contribution in [-0.4, -0.2) is 48.2 Å². The molecule has 0 aromatic rings. The van der Waals surface area contributed by atoms with Gasteiger partial charge in [0.2, 0.25) is 0 Å². The second-order valence-electron chi connectivity index (χ2n) is 5.49. The van der Waals surface area contributed by atoms with E-state index in [1.165, 1.54) is 0 Å². The molecule has 5 nitrogen and oxygen atoms in total. The van der Waals surface area contributed by atoms with Gasteiger partial charge in [-0.1, -0.05) is 13.3 Å². The highest BCUT2D eigenvalue weighted by molar-refractivity contribution is 4.95. The number of hydrogen-bond donors (Lipinski definition) is 1. The van der Waals surface area contributed by atoms with Crippen LogP contribution in [0.4, 0.5) is 0 Å². The van der Waals surface area contributed by atoms with Gasteiger partial charge in [-0.05, 0) is 27.2 Å². The third kappa shape index (κ3) is 2.86. The lowest BCUT2D eigenvalue weighted by molar-refractivity contribution is -0.260. The Morgan fingerprint density at radius 1 is 1.22 bits per heavy atom. The fraction of sp³-hybridized carbons (Fsp3) is 1.00. The van der Waals surface area contributed by atoms with Crippen LogP contribution in [0.2, 0.25) is 0 Å². The lowest BCUT2D eigenvalue weighted by atomic mass is 10.00. The average Bonchev–Trinajstić information content (AvgIpc) is 2.59. The van der Waals surface area contributed by atoms with Crippen LogP contribution in [0.3, 0.4) is 0 Å². The largest absolute Gasteiger partial charge is 0.373 e. The van der Waals surface area contributed by atoms with Gasteiger partial charge in [0, 0.05) is 6.61 Å². The van der Waals surface area contributed by atoms with Crippen molar-refractivity contribution in [3.63, 3.8) is 0 Å². The number of aliphatic hydroxyl groups is 1. The Morgan fingerprint density at radius 3 is 2.56 bits per heavy atom. The zero-order valence-corrected chi connectivity index (χ0v) is 11.6. The molecule has 0 bridgehead atoms. The summed E-state index contributed by atoms with van der Waals surface area (Å²) in [5, 5.41) is 9.89. The SMILES string of the molecule is CCCCO[C@H]1C(C)O[C@@H](O)[C@H]2OC(C)(C)OC12. The number of ether oxygens (including phenoxy) is 4. The van der Waals surface area contributed by atoms with Gasteiger partial charge in [0.05, 0.1) is 6.10 Å². The molecular weight excluding hydrogens is 236 g/mol. The Kier molecular flexibility index (Phi) is 4.29. The Balaban J connectivity index is 2.04. The Hall–Kier alpha value is -0.200. The normalized spacial score (nSPS) is 42.8. The number of aliphatic hydroxyl groups excluding tert-OH is 1. The zero-order valence-electron chi connectivity index (χ0n) is 11.6. The van der Waals surface area contributed by atoms with Gasteiger partial charge >= 0.3 is 0 Å². The molecule has 2 aliphatic rings. The molecule has 5 atom stereocenters. The van der Waals surface area contributed by atoms with Gasteiger partial charge in [0.15, 0.2) is 12.1 Å². The quantitative estimate of drug-likeness (QED) is 0.775. The Labute approximate surface area is 108 Å². The van der Waals surface area contributed by atoms with Crippen LogP contribution in [-0.2, 0) is 18.9 Å². The van der Waals surface area contributed by atoms with Crippen LogP contribution in [0.5, 0.6) is 0 Å². The van der Waals surface area contributed by atoms with Crippen molar-refractivity contribution in [1.29, 1.82) is 0 Å². The summed E-state index contributed by atoms with van der Waals surface area (Å²) < 4.78 is 22.8. The summed E-state index contributed by atoms with van der Waals surface area (Å²) in [6.07, 6.45) is 0.0214. The first-order chi connectivity index (χ1) is 8.44. The van der Waals surface area contributed by atoms with Crippen LogP contribution in [0.15, 0.2) is 0 Å². The summed E-state index contributed by atoms with van der Waals surface area (Å²) >= 11 is 0. The molecule has 2 unspecified atom stereocenters. The molecule has 0 aromatic heterocycles. The molecule has 2 rings (SSSR count). The summed E-state index contributed by atoms with van der Waals surface area (Å²) in [5.74, 6) is -0.698. The fourth-order valence-corrected chi connectivity index (χ4v) is 2.53. The van der Waals surface area contributed by atoms with E-state index in [1.54, 1.807) is 0 Å². The molecule has 18 heavy (non-hydrogen) atoms. The van der Waals surface area contributed by atoms with Crippen LogP contribution in [0, 0.1) is 0 Å². The molecule has 5 heteroatoms. The van der Waals surface area contributed by atoms with E-state index < -0.39 is 18.2 Å². The molecule has 2 heterocycles. The molecular formula is C13H24O5. The zero-order chi connectivity index (χ0) is 13.3. The van der Waals surface area contributed by atoms with Gasteiger partial charge < -0.3 is 24.1 Å². The highest BCUT2D eigenvalue weighted by atomic mass is 16.8. The van der Waals surface area contributed by atoms with E-state index in [0.29, 0.717) is 6.61 Å². The van der Waals surface area contributed by atoms with Crippen molar-refractivity contribution in [2.75, 3.05) is 6.61 Å². The minimum absolute atomic E-state index is 0.188. The smallest absolute Gasteiger partial charge is 0.184 e. The van der Waals surface area contributed by atoms with Crippen molar-refractivity contribution >= 4 is 0 Å². The van der Waals surface area contributed by atoms with Crippen LogP contribution < -0.4 is 0 Å². The average molecular weight is 260 g/mol. The summed E-state index contributed by atoms with van der Waals surface area (Å²) in [6, 6.07) is 0. The number of unbranched alkanes of at least 4 members (excludes halogenated alkanes) is 1. The van der Waals surface area contributed by atoms with Crippen LogP contribution in [0.1, 0.15) is 40.5 Å². The molecule has 2 fully saturated rings. The van der Waals surface area contributed by atoms with Crippen LogP contribution in [0.25, 0.3) is 0 Å². The monoisotopic (exact) mass is 260 g/mol. The van der Waals surface area contributed by atoms with E-state index in [9.17, 15) is 5.11 Å².